The van der Waals surface area contributed by atoms with Gasteiger partial charge in [0, 0.05) is 13.0 Å². The number of amides is 1. The minimum Gasteiger partial charge on any atom is -0.369 e. The van der Waals surface area contributed by atoms with Crippen molar-refractivity contribution in [1.29, 1.82) is 0 Å². The first-order chi connectivity index (χ1) is 8.16. The van der Waals surface area contributed by atoms with E-state index in [-0.39, 0.29) is 22.9 Å². The van der Waals surface area contributed by atoms with Gasteiger partial charge in [0.05, 0.1) is 6.33 Å². The molecule has 1 saturated heterocycles. The number of aromatic amines is 2. The number of hydrogen-bond acceptors (Lipinski definition) is 5. The molecule has 3 heterocycles. The van der Waals surface area contributed by atoms with Crippen molar-refractivity contribution >= 4 is 23.0 Å². The molecule has 3 rings (SSSR count). The molecule has 1 fully saturated rings. The Morgan fingerprint density at radius 2 is 2.18 bits per heavy atom. The smallest absolute Gasteiger partial charge is 0.280 e. The van der Waals surface area contributed by atoms with Crippen LogP contribution in [0.2, 0.25) is 0 Å². The Kier molecular flexibility index (Phi) is 3.03. The van der Waals surface area contributed by atoms with E-state index >= 15 is 0 Å². The number of nitrogens with zero attached hydrogens (tertiary/aromatic N) is 2. The van der Waals surface area contributed by atoms with Crippen molar-refractivity contribution in [3.05, 3.63) is 16.7 Å². The summed E-state index contributed by atoms with van der Waals surface area (Å²) in [6.45, 7) is 0.888. The molecule has 1 aliphatic heterocycles. The Morgan fingerprint density at radius 3 is 2.76 bits per heavy atom. The maximum Gasteiger partial charge on any atom is 0.280 e. The van der Waals surface area contributed by atoms with Gasteiger partial charge >= 0.3 is 0 Å². The Balaban J connectivity index is 0.000000153. The van der Waals surface area contributed by atoms with Crippen molar-refractivity contribution in [2.45, 2.75) is 12.8 Å². The summed E-state index contributed by atoms with van der Waals surface area (Å²) in [7, 11) is 0. The van der Waals surface area contributed by atoms with Crippen LogP contribution in [-0.4, -0.2) is 32.4 Å². The molecule has 2 aromatic rings. The highest BCUT2D eigenvalue weighted by atomic mass is 16.1. The predicted molar refractivity (Wildman–Crippen MR) is 61.2 cm³/mol. The lowest BCUT2D eigenvalue weighted by molar-refractivity contribution is -0.119. The number of anilines is 1. The number of nitrogens with two attached hydrogens (primary N) is 1. The van der Waals surface area contributed by atoms with Crippen molar-refractivity contribution in [2.75, 3.05) is 12.3 Å². The van der Waals surface area contributed by atoms with E-state index in [1.54, 1.807) is 0 Å². The van der Waals surface area contributed by atoms with Crippen LogP contribution in [-0.2, 0) is 4.79 Å². The summed E-state index contributed by atoms with van der Waals surface area (Å²) in [5.74, 6) is 0.293. The number of carbonyl (C=O) groups excluding carboxylic acids is 1. The van der Waals surface area contributed by atoms with E-state index in [0.29, 0.717) is 5.65 Å². The topological polar surface area (TPSA) is 130 Å². The Bertz CT molecular complexity index is 578. The molecular formula is C9H12N6O2. The fourth-order valence-corrected chi connectivity index (χ4v) is 1.43. The molecule has 17 heavy (non-hydrogen) atoms. The number of nitrogens with one attached hydrogen (secondary N) is 3. The molecule has 0 bridgehead atoms. The Labute approximate surface area is 95.7 Å². The monoisotopic (exact) mass is 236 g/mol. The van der Waals surface area contributed by atoms with Gasteiger partial charge in [-0.2, -0.15) is 4.98 Å². The molecule has 0 atom stereocenters. The molecular weight excluding hydrogens is 224 g/mol. The van der Waals surface area contributed by atoms with Gasteiger partial charge in [-0.3, -0.25) is 14.6 Å². The standard InChI is InChI=1S/C5H5N5O.C4H7NO/c6-5-9-3-2(4(11)10-5)7-1-8-3;6-4-2-1-3-5-4/h1H,(H4,6,7,8,9,10,11);1-3H2,(H,5,6). The van der Waals surface area contributed by atoms with Crippen LogP contribution in [0, 0.1) is 0 Å². The number of fused-ring (bicyclic) bond motifs is 1. The van der Waals surface area contributed by atoms with Gasteiger partial charge in [-0.25, -0.2) is 4.98 Å². The third-order valence-corrected chi connectivity index (χ3v) is 2.21. The molecule has 0 spiro atoms. The van der Waals surface area contributed by atoms with Gasteiger partial charge in [-0.15, -0.1) is 0 Å². The van der Waals surface area contributed by atoms with Crippen LogP contribution in [0.4, 0.5) is 5.95 Å². The van der Waals surface area contributed by atoms with Gasteiger partial charge in [-0.05, 0) is 6.42 Å². The molecule has 0 aliphatic carbocycles. The lowest BCUT2D eigenvalue weighted by Gasteiger charge is -1.89. The van der Waals surface area contributed by atoms with E-state index < -0.39 is 0 Å². The van der Waals surface area contributed by atoms with Crippen molar-refractivity contribution < 1.29 is 4.79 Å². The van der Waals surface area contributed by atoms with Gasteiger partial charge in [0.25, 0.3) is 5.56 Å². The molecule has 8 heteroatoms. The van der Waals surface area contributed by atoms with E-state index in [0.717, 1.165) is 19.4 Å². The number of carbonyl (C=O) groups is 1. The maximum absolute atomic E-state index is 11.0. The first kappa shape index (κ1) is 11.1. The molecule has 0 unspecified atom stereocenters. The van der Waals surface area contributed by atoms with Crippen LogP contribution in [0.3, 0.4) is 0 Å². The van der Waals surface area contributed by atoms with Crippen molar-refractivity contribution in [2.24, 2.45) is 0 Å². The molecule has 0 aromatic carbocycles. The second-order valence-electron chi connectivity index (χ2n) is 3.50. The van der Waals surface area contributed by atoms with Crippen LogP contribution in [0.1, 0.15) is 12.8 Å². The quantitative estimate of drug-likeness (QED) is 0.472. The first-order valence-electron chi connectivity index (χ1n) is 5.12. The minimum absolute atomic E-state index is 0.0896. The van der Waals surface area contributed by atoms with Gasteiger partial charge in [0.15, 0.2) is 11.2 Å². The zero-order chi connectivity index (χ0) is 12.3. The second kappa shape index (κ2) is 4.64. The molecule has 2 aromatic heterocycles. The Morgan fingerprint density at radius 1 is 1.35 bits per heavy atom. The summed E-state index contributed by atoms with van der Waals surface area (Å²) in [5, 5.41) is 2.68. The van der Waals surface area contributed by atoms with Crippen molar-refractivity contribution in [3.8, 4) is 0 Å². The highest BCUT2D eigenvalue weighted by Gasteiger charge is 2.05. The molecule has 90 valence electrons. The summed E-state index contributed by atoms with van der Waals surface area (Å²) in [6.07, 6.45) is 3.16. The van der Waals surface area contributed by atoms with Crippen LogP contribution in [0.5, 0.6) is 0 Å². The van der Waals surface area contributed by atoms with E-state index in [2.05, 4.69) is 25.3 Å². The van der Waals surface area contributed by atoms with Gasteiger partial charge in [0.1, 0.15) is 0 Å². The maximum atomic E-state index is 11.0. The summed E-state index contributed by atoms with van der Waals surface area (Å²) < 4.78 is 0. The predicted octanol–water partition coefficient (Wildman–Crippen LogP) is -0.875. The zero-order valence-corrected chi connectivity index (χ0v) is 8.99. The highest BCUT2D eigenvalue weighted by Crippen LogP contribution is 1.98. The van der Waals surface area contributed by atoms with Gasteiger partial charge in [0.2, 0.25) is 11.9 Å². The largest absolute Gasteiger partial charge is 0.369 e. The molecule has 0 radical (unpaired) electrons. The number of hydrogen-bond donors (Lipinski definition) is 4. The number of imidazole rings is 1. The van der Waals surface area contributed by atoms with Crippen molar-refractivity contribution in [1.82, 2.24) is 25.3 Å². The lowest BCUT2D eigenvalue weighted by Crippen LogP contribution is -2.12. The molecule has 1 amide bonds. The fourth-order valence-electron chi connectivity index (χ4n) is 1.43. The minimum atomic E-state index is -0.325. The van der Waals surface area contributed by atoms with Crippen LogP contribution in [0.15, 0.2) is 11.1 Å². The SMILES string of the molecule is Nc1nc2[nH]cnc2c(=O)[nH]1.O=C1CCCN1. The third kappa shape index (κ3) is 2.60. The molecule has 1 aliphatic rings. The second-order valence-corrected chi connectivity index (χ2v) is 3.50. The number of nitrogen functional groups attached to an aromatic ring is 1. The van der Waals surface area contributed by atoms with E-state index in [1.807, 2.05) is 0 Å². The average Bonchev–Trinajstić information content (AvgIpc) is 2.89. The first-order valence-corrected chi connectivity index (χ1v) is 5.12. The van der Waals surface area contributed by atoms with Crippen LogP contribution < -0.4 is 16.6 Å². The fraction of sp³-hybridized carbons (Fsp3) is 0.333. The van der Waals surface area contributed by atoms with Gasteiger partial charge in [-0.1, -0.05) is 0 Å². The molecule has 0 saturated carbocycles. The summed E-state index contributed by atoms with van der Waals surface area (Å²) in [5.41, 5.74) is 5.63. The number of aromatic nitrogens is 4. The molecule has 5 N–H and O–H groups in total. The van der Waals surface area contributed by atoms with Crippen molar-refractivity contribution in [3.63, 3.8) is 0 Å². The number of H-pyrrole nitrogens is 2. The van der Waals surface area contributed by atoms with E-state index in [9.17, 15) is 9.59 Å². The van der Waals surface area contributed by atoms with E-state index in [4.69, 9.17) is 5.73 Å². The highest BCUT2D eigenvalue weighted by molar-refractivity contribution is 5.77. The van der Waals surface area contributed by atoms with E-state index in [1.165, 1.54) is 6.33 Å². The van der Waals surface area contributed by atoms with Crippen LogP contribution >= 0.6 is 0 Å². The van der Waals surface area contributed by atoms with Gasteiger partial charge < -0.3 is 16.0 Å². The van der Waals surface area contributed by atoms with Crippen LogP contribution in [0.25, 0.3) is 11.2 Å². The Hall–Kier alpha value is -2.38. The summed E-state index contributed by atoms with van der Waals surface area (Å²) >= 11 is 0. The summed E-state index contributed by atoms with van der Waals surface area (Å²) in [6, 6.07) is 0. The zero-order valence-electron chi connectivity index (χ0n) is 8.99. The summed E-state index contributed by atoms with van der Waals surface area (Å²) in [4.78, 5) is 33.7. The molecule has 8 nitrogen and oxygen atoms in total. The third-order valence-electron chi connectivity index (χ3n) is 2.21. The lowest BCUT2D eigenvalue weighted by atomic mass is 10.4. The number of rotatable bonds is 0. The average molecular weight is 236 g/mol. The normalized spacial score (nSPS) is 14.2.